The molecule has 0 aliphatic carbocycles. The highest BCUT2D eigenvalue weighted by Gasteiger charge is 2.52. The number of nitrogens with zero attached hydrogens (tertiary/aromatic N) is 2. The first-order valence-electron chi connectivity index (χ1n) is 10.5. The molecule has 0 bridgehead atoms. The lowest BCUT2D eigenvalue weighted by molar-refractivity contribution is -0.138. The van der Waals surface area contributed by atoms with Crippen LogP contribution in [0.15, 0.2) is 91.0 Å². The number of hydrogen-bond donors (Lipinski definition) is 1. The second kappa shape index (κ2) is 9.06. The van der Waals surface area contributed by atoms with Crippen LogP contribution in [0.1, 0.15) is 16.7 Å². The van der Waals surface area contributed by atoms with Crippen molar-refractivity contribution in [3.8, 4) is 0 Å². The number of hydrogen-bond acceptors (Lipinski definition) is 3. The Balaban J connectivity index is 1.57. The summed E-state index contributed by atoms with van der Waals surface area (Å²) < 4.78 is 0. The van der Waals surface area contributed by atoms with Gasteiger partial charge in [-0.05, 0) is 16.7 Å². The fourth-order valence-electron chi connectivity index (χ4n) is 4.01. The van der Waals surface area contributed by atoms with E-state index in [4.69, 9.17) is 0 Å². The summed E-state index contributed by atoms with van der Waals surface area (Å²) in [6.45, 7) is 0.0918. The second-order valence-electron chi connectivity index (χ2n) is 7.99. The van der Waals surface area contributed by atoms with Crippen molar-refractivity contribution >= 4 is 17.8 Å². The average Bonchev–Trinajstić information content (AvgIpc) is 3.06. The Labute approximate surface area is 187 Å². The van der Waals surface area contributed by atoms with Gasteiger partial charge in [-0.15, -0.1) is 0 Å². The zero-order valence-corrected chi connectivity index (χ0v) is 17.9. The lowest BCUT2D eigenvalue weighted by Crippen LogP contribution is -2.47. The highest BCUT2D eigenvalue weighted by atomic mass is 16.2. The van der Waals surface area contributed by atoms with Gasteiger partial charge >= 0.3 is 6.03 Å². The van der Waals surface area contributed by atoms with Gasteiger partial charge in [-0.25, -0.2) is 4.79 Å². The second-order valence-corrected chi connectivity index (χ2v) is 7.99. The van der Waals surface area contributed by atoms with E-state index in [0.29, 0.717) is 18.5 Å². The molecule has 1 atom stereocenters. The van der Waals surface area contributed by atoms with Crippen molar-refractivity contribution < 1.29 is 14.4 Å². The molecule has 6 heteroatoms. The van der Waals surface area contributed by atoms with E-state index in [1.54, 1.807) is 7.05 Å². The zero-order valence-electron chi connectivity index (χ0n) is 17.9. The molecule has 6 nitrogen and oxygen atoms in total. The number of carbonyl (C=O) groups excluding carboxylic acids is 3. The Morgan fingerprint density at radius 1 is 0.844 bits per heavy atom. The standard InChI is InChI=1S/C26H25N3O3/c1-28(18-21-13-7-3-8-14-21)23(30)19-29-24(31)26(27-25(29)32,22-15-9-4-10-16-22)17-20-11-5-2-6-12-20/h2-16H,17-19H2,1H3,(H,27,32)/t26-/m1/s1. The van der Waals surface area contributed by atoms with Gasteiger partial charge in [0.25, 0.3) is 5.91 Å². The molecule has 3 aromatic carbocycles. The number of imide groups is 1. The van der Waals surface area contributed by atoms with Crippen LogP contribution in [0.25, 0.3) is 0 Å². The maximum Gasteiger partial charge on any atom is 0.325 e. The highest BCUT2D eigenvalue weighted by Crippen LogP contribution is 2.33. The Bertz CT molecular complexity index is 1100. The number of urea groups is 1. The summed E-state index contributed by atoms with van der Waals surface area (Å²) in [7, 11) is 1.67. The largest absolute Gasteiger partial charge is 0.340 e. The van der Waals surface area contributed by atoms with Crippen LogP contribution in [0.5, 0.6) is 0 Å². The van der Waals surface area contributed by atoms with E-state index in [1.807, 2.05) is 91.0 Å². The average molecular weight is 428 g/mol. The molecule has 0 unspecified atom stereocenters. The molecule has 3 aromatic rings. The van der Waals surface area contributed by atoms with Gasteiger partial charge in [0.05, 0.1) is 0 Å². The van der Waals surface area contributed by atoms with Gasteiger partial charge in [0, 0.05) is 20.0 Å². The summed E-state index contributed by atoms with van der Waals surface area (Å²) in [6, 6.07) is 27.8. The molecule has 32 heavy (non-hydrogen) atoms. The van der Waals surface area contributed by atoms with E-state index in [9.17, 15) is 14.4 Å². The van der Waals surface area contributed by atoms with Gasteiger partial charge in [0.15, 0.2) is 5.54 Å². The SMILES string of the molecule is CN(Cc1ccccc1)C(=O)CN1C(=O)N[C@](Cc2ccccc2)(c2ccccc2)C1=O. The first-order valence-corrected chi connectivity index (χ1v) is 10.5. The molecule has 0 spiro atoms. The third kappa shape index (κ3) is 4.25. The van der Waals surface area contributed by atoms with Crippen molar-refractivity contribution in [2.45, 2.75) is 18.5 Å². The summed E-state index contributed by atoms with van der Waals surface area (Å²) in [5.74, 6) is -0.722. The van der Waals surface area contributed by atoms with Crippen LogP contribution in [-0.2, 0) is 28.1 Å². The summed E-state index contributed by atoms with van der Waals surface area (Å²) in [5, 5.41) is 2.89. The number of likely N-dealkylation sites (N-methyl/N-ethyl adjacent to an activating group) is 1. The Morgan fingerprint density at radius 3 is 1.97 bits per heavy atom. The van der Waals surface area contributed by atoms with Crippen LogP contribution in [0, 0.1) is 0 Å². The quantitative estimate of drug-likeness (QED) is 0.588. The fraction of sp³-hybridized carbons (Fsp3) is 0.192. The van der Waals surface area contributed by atoms with Crippen LogP contribution in [0.2, 0.25) is 0 Å². The molecule has 1 aliphatic heterocycles. The maximum absolute atomic E-state index is 13.6. The molecule has 0 saturated carbocycles. The zero-order chi connectivity index (χ0) is 22.6. The van der Waals surface area contributed by atoms with E-state index in [2.05, 4.69) is 5.32 Å². The van der Waals surface area contributed by atoms with E-state index >= 15 is 0 Å². The minimum atomic E-state index is -1.25. The molecule has 0 radical (unpaired) electrons. The predicted molar refractivity (Wildman–Crippen MR) is 121 cm³/mol. The Hall–Kier alpha value is -3.93. The van der Waals surface area contributed by atoms with Crippen molar-refractivity contribution in [2.24, 2.45) is 0 Å². The van der Waals surface area contributed by atoms with Gasteiger partial charge < -0.3 is 10.2 Å². The number of benzene rings is 3. The molecule has 1 heterocycles. The molecular formula is C26H25N3O3. The van der Waals surface area contributed by atoms with E-state index < -0.39 is 17.5 Å². The summed E-state index contributed by atoms with van der Waals surface area (Å²) >= 11 is 0. The summed E-state index contributed by atoms with van der Waals surface area (Å²) in [6.07, 6.45) is 0.299. The lowest BCUT2D eigenvalue weighted by Gasteiger charge is -2.28. The number of amides is 4. The van der Waals surface area contributed by atoms with E-state index in [-0.39, 0.29) is 12.5 Å². The third-order valence-corrected chi connectivity index (χ3v) is 5.74. The molecule has 1 aliphatic rings. The third-order valence-electron chi connectivity index (χ3n) is 5.74. The van der Waals surface area contributed by atoms with Crippen molar-refractivity contribution in [3.63, 3.8) is 0 Å². The molecule has 0 aromatic heterocycles. The number of nitrogens with one attached hydrogen (secondary N) is 1. The van der Waals surface area contributed by atoms with Crippen LogP contribution >= 0.6 is 0 Å². The lowest BCUT2D eigenvalue weighted by atomic mass is 9.83. The highest BCUT2D eigenvalue weighted by molar-refractivity contribution is 6.09. The molecule has 1 fully saturated rings. The smallest absolute Gasteiger partial charge is 0.325 e. The summed E-state index contributed by atoms with van der Waals surface area (Å²) in [5.41, 5.74) is 1.33. The minimum Gasteiger partial charge on any atom is -0.340 e. The minimum absolute atomic E-state index is 0.299. The molecule has 4 rings (SSSR count). The molecule has 4 amide bonds. The van der Waals surface area contributed by atoms with Gasteiger partial charge in [-0.3, -0.25) is 14.5 Å². The predicted octanol–water partition coefficient (Wildman–Crippen LogP) is 3.34. The number of rotatable bonds is 7. The normalized spacial score (nSPS) is 17.8. The van der Waals surface area contributed by atoms with Gasteiger partial charge in [0.2, 0.25) is 5.91 Å². The van der Waals surface area contributed by atoms with Crippen LogP contribution in [0.3, 0.4) is 0 Å². The van der Waals surface area contributed by atoms with Crippen molar-refractivity contribution in [1.82, 2.24) is 15.1 Å². The molecule has 1 saturated heterocycles. The first-order chi connectivity index (χ1) is 15.5. The van der Waals surface area contributed by atoms with Crippen LogP contribution in [-0.4, -0.2) is 41.2 Å². The van der Waals surface area contributed by atoms with Crippen molar-refractivity contribution in [1.29, 1.82) is 0 Å². The van der Waals surface area contributed by atoms with Gasteiger partial charge in [-0.2, -0.15) is 0 Å². The van der Waals surface area contributed by atoms with Gasteiger partial charge in [-0.1, -0.05) is 91.0 Å². The molecule has 162 valence electrons. The Morgan fingerprint density at radius 2 is 1.38 bits per heavy atom. The van der Waals surface area contributed by atoms with E-state index in [0.717, 1.165) is 16.0 Å². The fourth-order valence-corrected chi connectivity index (χ4v) is 4.01. The van der Waals surface area contributed by atoms with Gasteiger partial charge in [0.1, 0.15) is 6.54 Å². The van der Waals surface area contributed by atoms with Crippen LogP contribution < -0.4 is 5.32 Å². The maximum atomic E-state index is 13.6. The first kappa shape index (κ1) is 21.3. The topological polar surface area (TPSA) is 69.7 Å². The monoisotopic (exact) mass is 427 g/mol. The number of carbonyl (C=O) groups is 3. The van der Waals surface area contributed by atoms with E-state index in [1.165, 1.54) is 4.90 Å². The van der Waals surface area contributed by atoms with Crippen molar-refractivity contribution in [2.75, 3.05) is 13.6 Å². The summed E-state index contributed by atoms with van der Waals surface area (Å²) in [4.78, 5) is 41.9. The van der Waals surface area contributed by atoms with Crippen molar-refractivity contribution in [3.05, 3.63) is 108 Å². The van der Waals surface area contributed by atoms with Crippen LogP contribution in [0.4, 0.5) is 4.79 Å². The molecular weight excluding hydrogens is 402 g/mol. The molecule has 1 N–H and O–H groups in total. The Kier molecular flexibility index (Phi) is 6.03.